The molecular weight excluding hydrogens is 516 g/mol. The van der Waals surface area contributed by atoms with Gasteiger partial charge in [-0.25, -0.2) is 14.6 Å². The maximum absolute atomic E-state index is 12.6. The van der Waals surface area contributed by atoms with E-state index in [2.05, 4.69) is 22.1 Å². The second-order valence-corrected chi connectivity index (χ2v) is 10.7. The highest BCUT2D eigenvalue weighted by Gasteiger charge is 2.22. The van der Waals surface area contributed by atoms with Gasteiger partial charge in [-0.2, -0.15) is 0 Å². The molecule has 1 heterocycles. The predicted octanol–water partition coefficient (Wildman–Crippen LogP) is 7.09. The van der Waals surface area contributed by atoms with E-state index in [-0.39, 0.29) is 12.1 Å². The van der Waals surface area contributed by atoms with E-state index in [9.17, 15) is 14.7 Å². The third kappa shape index (κ3) is 7.25. The first kappa shape index (κ1) is 28.2. The standard InChI is InChI=1S/C33H38N4O4/c1-2-3-14-30-36-28-21-26(35-33(40)34-25-12-8-5-9-13-25)17-20-29(28)37(30)22-23-15-18-27(19-16-23)41-31(32(38)39)24-10-6-4-7-11-24/h4,6-7,10-11,15-21,25,31H,2-3,5,8-9,12-14,22H2,1H3,(H,38,39)(H2,34,35,40). The fraction of sp³-hybridized carbons (Fsp3) is 0.364. The Balaban J connectivity index is 1.31. The van der Waals surface area contributed by atoms with Gasteiger partial charge in [-0.15, -0.1) is 0 Å². The molecule has 3 aromatic carbocycles. The number of benzene rings is 3. The van der Waals surface area contributed by atoms with Crippen molar-refractivity contribution in [3.63, 3.8) is 0 Å². The number of fused-ring (bicyclic) bond motifs is 1. The number of aliphatic carboxylic acids is 1. The van der Waals surface area contributed by atoms with Crippen molar-refractivity contribution in [2.75, 3.05) is 5.32 Å². The monoisotopic (exact) mass is 554 g/mol. The van der Waals surface area contributed by atoms with Crippen LogP contribution in [-0.2, 0) is 17.8 Å². The van der Waals surface area contributed by atoms with E-state index in [1.807, 2.05) is 48.5 Å². The second-order valence-electron chi connectivity index (χ2n) is 10.7. The summed E-state index contributed by atoms with van der Waals surface area (Å²) in [5.41, 5.74) is 4.22. The minimum Gasteiger partial charge on any atom is -0.478 e. The maximum atomic E-state index is 12.6. The van der Waals surface area contributed by atoms with Gasteiger partial charge in [0, 0.05) is 30.3 Å². The summed E-state index contributed by atoms with van der Waals surface area (Å²) in [5.74, 6) is 0.459. The fourth-order valence-corrected chi connectivity index (χ4v) is 5.44. The number of aryl methyl sites for hydroxylation is 1. The van der Waals surface area contributed by atoms with Crippen LogP contribution in [-0.4, -0.2) is 32.7 Å². The van der Waals surface area contributed by atoms with E-state index in [1.165, 1.54) is 19.3 Å². The average molecular weight is 555 g/mol. The Kier molecular flexibility index (Phi) is 9.19. The van der Waals surface area contributed by atoms with E-state index in [1.54, 1.807) is 24.3 Å². The Morgan fingerprint density at radius 3 is 2.49 bits per heavy atom. The molecule has 1 unspecified atom stereocenters. The molecule has 1 atom stereocenters. The zero-order valence-electron chi connectivity index (χ0n) is 23.5. The number of carbonyl (C=O) groups excluding carboxylic acids is 1. The number of anilines is 1. The molecule has 8 heteroatoms. The Morgan fingerprint density at radius 2 is 1.78 bits per heavy atom. The van der Waals surface area contributed by atoms with Crippen molar-refractivity contribution in [3.8, 4) is 5.75 Å². The number of hydrogen-bond acceptors (Lipinski definition) is 4. The van der Waals surface area contributed by atoms with Gasteiger partial charge in [-0.1, -0.05) is 75.1 Å². The molecule has 0 bridgehead atoms. The third-order valence-electron chi connectivity index (χ3n) is 7.62. The number of ether oxygens (including phenoxy) is 1. The molecule has 1 aliphatic carbocycles. The first-order valence-corrected chi connectivity index (χ1v) is 14.6. The Labute approximate surface area is 240 Å². The van der Waals surface area contributed by atoms with Gasteiger partial charge in [-0.05, 0) is 55.2 Å². The highest BCUT2D eigenvalue weighted by Crippen LogP contribution is 2.26. The van der Waals surface area contributed by atoms with Crippen LogP contribution in [0.1, 0.15) is 74.9 Å². The van der Waals surface area contributed by atoms with Crippen LogP contribution >= 0.6 is 0 Å². The van der Waals surface area contributed by atoms with Crippen molar-refractivity contribution in [2.24, 2.45) is 0 Å². The Hall–Kier alpha value is -4.33. The van der Waals surface area contributed by atoms with Gasteiger partial charge >= 0.3 is 12.0 Å². The van der Waals surface area contributed by atoms with E-state index < -0.39 is 12.1 Å². The molecule has 0 aliphatic heterocycles. The van der Waals surface area contributed by atoms with Gasteiger partial charge in [-0.3, -0.25) is 0 Å². The molecule has 4 aromatic rings. The summed E-state index contributed by atoms with van der Waals surface area (Å²) in [6.07, 6.45) is 7.54. The first-order chi connectivity index (χ1) is 20.0. The Morgan fingerprint density at radius 1 is 1.02 bits per heavy atom. The molecule has 8 nitrogen and oxygen atoms in total. The molecule has 1 aromatic heterocycles. The third-order valence-corrected chi connectivity index (χ3v) is 7.62. The molecule has 5 rings (SSSR count). The van der Waals surface area contributed by atoms with E-state index >= 15 is 0 Å². The van der Waals surface area contributed by atoms with Gasteiger partial charge in [0.15, 0.2) is 0 Å². The van der Waals surface area contributed by atoms with Crippen LogP contribution in [0.5, 0.6) is 5.75 Å². The van der Waals surface area contributed by atoms with Crippen molar-refractivity contribution in [3.05, 3.63) is 89.7 Å². The number of imidazole rings is 1. The molecule has 0 spiro atoms. The van der Waals surface area contributed by atoms with Crippen molar-refractivity contribution in [1.82, 2.24) is 14.9 Å². The van der Waals surface area contributed by atoms with Crippen molar-refractivity contribution < 1.29 is 19.4 Å². The SMILES string of the molecule is CCCCc1nc2cc(NC(=O)NC3CCCCC3)ccc2n1Cc1ccc(OC(C(=O)O)c2ccccc2)cc1. The minimum absolute atomic E-state index is 0.165. The molecule has 3 N–H and O–H groups in total. The van der Waals surface area contributed by atoms with Crippen LogP contribution in [0.3, 0.4) is 0 Å². The quantitative estimate of drug-likeness (QED) is 0.184. The van der Waals surface area contributed by atoms with Crippen molar-refractivity contribution in [1.29, 1.82) is 0 Å². The number of carboxylic acid groups (broad SMARTS) is 1. The zero-order valence-corrected chi connectivity index (χ0v) is 23.5. The summed E-state index contributed by atoms with van der Waals surface area (Å²) in [7, 11) is 0. The fourth-order valence-electron chi connectivity index (χ4n) is 5.44. The maximum Gasteiger partial charge on any atom is 0.349 e. The molecule has 1 aliphatic rings. The molecule has 0 saturated heterocycles. The molecule has 214 valence electrons. The van der Waals surface area contributed by atoms with Crippen LogP contribution in [0, 0.1) is 0 Å². The molecule has 1 saturated carbocycles. The average Bonchev–Trinajstić information content (AvgIpc) is 3.32. The van der Waals surface area contributed by atoms with Gasteiger partial charge in [0.2, 0.25) is 6.10 Å². The van der Waals surface area contributed by atoms with Crippen LogP contribution in [0.25, 0.3) is 11.0 Å². The second kappa shape index (κ2) is 13.4. The number of aromatic nitrogens is 2. The summed E-state index contributed by atoms with van der Waals surface area (Å²) >= 11 is 0. The summed E-state index contributed by atoms with van der Waals surface area (Å²) in [5, 5.41) is 15.8. The van der Waals surface area contributed by atoms with Crippen LogP contribution in [0.2, 0.25) is 0 Å². The number of rotatable bonds is 11. The summed E-state index contributed by atoms with van der Waals surface area (Å²) in [6.45, 7) is 2.78. The topological polar surface area (TPSA) is 105 Å². The summed E-state index contributed by atoms with van der Waals surface area (Å²) in [6, 6.07) is 22.4. The summed E-state index contributed by atoms with van der Waals surface area (Å²) < 4.78 is 8.05. The molecule has 0 radical (unpaired) electrons. The Bertz CT molecular complexity index is 1460. The zero-order chi connectivity index (χ0) is 28.6. The van der Waals surface area contributed by atoms with Gasteiger partial charge < -0.3 is 25.0 Å². The number of urea groups is 1. The number of nitrogens with one attached hydrogen (secondary N) is 2. The van der Waals surface area contributed by atoms with E-state index in [4.69, 9.17) is 9.72 Å². The molecule has 2 amide bonds. The lowest BCUT2D eigenvalue weighted by atomic mass is 9.96. The lowest BCUT2D eigenvalue weighted by molar-refractivity contribution is -0.145. The molecule has 41 heavy (non-hydrogen) atoms. The lowest BCUT2D eigenvalue weighted by Gasteiger charge is -2.22. The van der Waals surface area contributed by atoms with Crippen LogP contribution in [0.4, 0.5) is 10.5 Å². The van der Waals surface area contributed by atoms with Gasteiger partial charge in [0.25, 0.3) is 0 Å². The largest absolute Gasteiger partial charge is 0.478 e. The number of hydrogen-bond donors (Lipinski definition) is 3. The van der Waals surface area contributed by atoms with E-state index in [0.29, 0.717) is 17.9 Å². The lowest BCUT2D eigenvalue weighted by Crippen LogP contribution is -2.38. The number of unbranched alkanes of at least 4 members (excludes halogenated alkanes) is 1. The molecule has 1 fully saturated rings. The number of carbonyl (C=O) groups is 2. The first-order valence-electron chi connectivity index (χ1n) is 14.6. The normalized spacial score (nSPS) is 14.5. The van der Waals surface area contributed by atoms with E-state index in [0.717, 1.165) is 60.2 Å². The van der Waals surface area contributed by atoms with Crippen molar-refractivity contribution >= 4 is 28.7 Å². The number of amides is 2. The minimum atomic E-state index is -1.08. The molecular formula is C33H38N4O4. The smallest absolute Gasteiger partial charge is 0.349 e. The highest BCUT2D eigenvalue weighted by molar-refractivity contribution is 5.92. The number of carboxylic acids is 1. The van der Waals surface area contributed by atoms with Crippen LogP contribution in [0.15, 0.2) is 72.8 Å². The van der Waals surface area contributed by atoms with Crippen molar-refractivity contribution in [2.45, 2.75) is 77.0 Å². The number of nitrogens with zero attached hydrogens (tertiary/aromatic N) is 2. The van der Waals surface area contributed by atoms with Gasteiger partial charge in [0.1, 0.15) is 11.6 Å². The van der Waals surface area contributed by atoms with Gasteiger partial charge in [0.05, 0.1) is 11.0 Å². The van der Waals surface area contributed by atoms with Crippen LogP contribution < -0.4 is 15.4 Å². The summed E-state index contributed by atoms with van der Waals surface area (Å²) in [4.78, 5) is 29.4. The predicted molar refractivity (Wildman–Crippen MR) is 160 cm³/mol. The highest BCUT2D eigenvalue weighted by atomic mass is 16.5.